The van der Waals surface area contributed by atoms with Crippen LogP contribution in [0.1, 0.15) is 30.3 Å². The molecule has 0 radical (unpaired) electrons. The smallest absolute Gasteiger partial charge is 0.191 e. The van der Waals surface area contributed by atoms with Gasteiger partial charge in [-0.15, -0.1) is 24.0 Å². The number of hydrogen-bond acceptors (Lipinski definition) is 5. The van der Waals surface area contributed by atoms with E-state index in [2.05, 4.69) is 25.7 Å². The van der Waals surface area contributed by atoms with Gasteiger partial charge in [-0.3, -0.25) is 9.89 Å². The van der Waals surface area contributed by atoms with Gasteiger partial charge in [0.1, 0.15) is 17.7 Å². The van der Waals surface area contributed by atoms with Crippen LogP contribution in [0.4, 0.5) is 0 Å². The average molecular weight is 445 g/mol. The third kappa shape index (κ3) is 4.97. The van der Waals surface area contributed by atoms with Crippen molar-refractivity contribution in [3.05, 3.63) is 42.2 Å². The number of hydrogen-bond donors (Lipinski definition) is 2. The number of aliphatic imine (C=N–C) groups is 1. The fraction of sp³-hybridized carbons (Fsp3) is 0.500. The summed E-state index contributed by atoms with van der Waals surface area (Å²) < 4.78 is 10.5. The van der Waals surface area contributed by atoms with Crippen molar-refractivity contribution in [2.45, 2.75) is 25.4 Å². The Morgan fingerprint density at radius 3 is 2.75 bits per heavy atom. The monoisotopic (exact) mass is 445 g/mol. The van der Waals surface area contributed by atoms with Crippen molar-refractivity contribution in [1.29, 1.82) is 0 Å². The molecular formula is C16H24IN5O2. The highest BCUT2D eigenvalue weighted by molar-refractivity contribution is 14.0. The van der Waals surface area contributed by atoms with Gasteiger partial charge in [-0.25, -0.2) is 0 Å². The molecule has 3 rings (SSSR count). The molecule has 1 saturated heterocycles. The van der Waals surface area contributed by atoms with Gasteiger partial charge in [0.25, 0.3) is 0 Å². The number of aromatic nitrogens is 1. The highest BCUT2D eigenvalue weighted by Crippen LogP contribution is 2.24. The molecule has 2 N–H and O–H groups in total. The molecule has 0 aliphatic carbocycles. The number of rotatable bonds is 6. The second-order valence-corrected chi connectivity index (χ2v) is 5.57. The SMILES string of the molecule is CN=C(NCc1ccon1)NCC(c1ccco1)N1CCCC1.I. The molecule has 2 aromatic heterocycles. The summed E-state index contributed by atoms with van der Waals surface area (Å²) in [6.07, 6.45) is 5.79. The lowest BCUT2D eigenvalue weighted by Gasteiger charge is -2.26. The van der Waals surface area contributed by atoms with Crippen LogP contribution in [-0.4, -0.2) is 42.7 Å². The second kappa shape index (κ2) is 9.67. The van der Waals surface area contributed by atoms with Crippen LogP contribution < -0.4 is 10.6 Å². The molecule has 0 amide bonds. The zero-order valence-corrected chi connectivity index (χ0v) is 16.1. The Morgan fingerprint density at radius 1 is 1.29 bits per heavy atom. The highest BCUT2D eigenvalue weighted by Gasteiger charge is 2.25. The molecule has 1 aliphatic heterocycles. The first-order chi connectivity index (χ1) is 11.4. The molecule has 0 bridgehead atoms. The molecule has 8 heteroatoms. The summed E-state index contributed by atoms with van der Waals surface area (Å²) in [7, 11) is 1.76. The molecule has 0 aromatic carbocycles. The molecule has 0 spiro atoms. The summed E-state index contributed by atoms with van der Waals surface area (Å²) in [5, 5.41) is 10.5. The van der Waals surface area contributed by atoms with E-state index in [-0.39, 0.29) is 30.0 Å². The Balaban J connectivity index is 0.00000208. The van der Waals surface area contributed by atoms with Crippen molar-refractivity contribution in [3.8, 4) is 0 Å². The minimum Gasteiger partial charge on any atom is -0.468 e. The highest BCUT2D eigenvalue weighted by atomic mass is 127. The second-order valence-electron chi connectivity index (χ2n) is 5.57. The topological polar surface area (TPSA) is 78.8 Å². The summed E-state index contributed by atoms with van der Waals surface area (Å²) in [5.74, 6) is 1.73. The maximum Gasteiger partial charge on any atom is 0.191 e. The van der Waals surface area contributed by atoms with Crippen LogP contribution in [-0.2, 0) is 6.54 Å². The lowest BCUT2D eigenvalue weighted by Crippen LogP contribution is -2.42. The van der Waals surface area contributed by atoms with Crippen LogP contribution >= 0.6 is 24.0 Å². The van der Waals surface area contributed by atoms with Gasteiger partial charge in [0.2, 0.25) is 0 Å². The van der Waals surface area contributed by atoms with Crippen LogP contribution in [0.3, 0.4) is 0 Å². The van der Waals surface area contributed by atoms with Gasteiger partial charge < -0.3 is 19.6 Å². The van der Waals surface area contributed by atoms with Crippen LogP contribution in [0.5, 0.6) is 0 Å². The van der Waals surface area contributed by atoms with Crippen LogP contribution in [0.15, 0.2) is 44.7 Å². The van der Waals surface area contributed by atoms with Crippen LogP contribution in [0.25, 0.3) is 0 Å². The third-order valence-corrected chi connectivity index (χ3v) is 4.07. The van der Waals surface area contributed by atoms with Gasteiger partial charge >= 0.3 is 0 Å². The van der Waals surface area contributed by atoms with Gasteiger partial charge in [-0.2, -0.15) is 0 Å². The number of likely N-dealkylation sites (tertiary alicyclic amines) is 1. The number of nitrogens with zero attached hydrogens (tertiary/aromatic N) is 3. The minimum absolute atomic E-state index is 0. The van der Waals surface area contributed by atoms with Crippen LogP contribution in [0.2, 0.25) is 0 Å². The van der Waals surface area contributed by atoms with E-state index < -0.39 is 0 Å². The molecule has 1 fully saturated rings. The van der Waals surface area contributed by atoms with E-state index >= 15 is 0 Å². The predicted octanol–water partition coefficient (Wildman–Crippen LogP) is 2.39. The van der Waals surface area contributed by atoms with Gasteiger partial charge in [0.05, 0.1) is 18.8 Å². The van der Waals surface area contributed by atoms with E-state index in [1.165, 1.54) is 12.8 Å². The molecule has 132 valence electrons. The fourth-order valence-corrected chi connectivity index (χ4v) is 2.86. The molecule has 0 saturated carbocycles. The van der Waals surface area contributed by atoms with Gasteiger partial charge in [-0.05, 0) is 38.1 Å². The summed E-state index contributed by atoms with van der Waals surface area (Å²) in [6, 6.07) is 6.03. The van der Waals surface area contributed by atoms with Crippen molar-refractivity contribution < 1.29 is 8.94 Å². The minimum atomic E-state index is 0. The van der Waals surface area contributed by atoms with E-state index in [4.69, 9.17) is 8.94 Å². The third-order valence-electron chi connectivity index (χ3n) is 4.07. The number of guanidine groups is 1. The van der Waals surface area contributed by atoms with Crippen molar-refractivity contribution in [2.24, 2.45) is 4.99 Å². The van der Waals surface area contributed by atoms with E-state index in [1.807, 2.05) is 18.2 Å². The summed E-state index contributed by atoms with van der Waals surface area (Å²) in [4.78, 5) is 6.71. The summed E-state index contributed by atoms with van der Waals surface area (Å²) in [6.45, 7) is 3.54. The Kier molecular flexibility index (Phi) is 7.57. The van der Waals surface area contributed by atoms with Crippen molar-refractivity contribution in [2.75, 3.05) is 26.7 Å². The van der Waals surface area contributed by atoms with Gasteiger partial charge in [-0.1, -0.05) is 5.16 Å². The van der Waals surface area contributed by atoms with Crippen molar-refractivity contribution >= 4 is 29.9 Å². The average Bonchev–Trinajstić information content (AvgIpc) is 3.34. The van der Waals surface area contributed by atoms with Crippen LogP contribution in [0, 0.1) is 0 Å². The van der Waals surface area contributed by atoms with Crippen molar-refractivity contribution in [3.63, 3.8) is 0 Å². The Bertz CT molecular complexity index is 594. The Morgan fingerprint density at radius 2 is 2.12 bits per heavy atom. The maximum absolute atomic E-state index is 5.63. The summed E-state index contributed by atoms with van der Waals surface area (Å²) in [5.41, 5.74) is 0.843. The van der Waals surface area contributed by atoms with E-state index in [0.717, 1.165) is 37.0 Å². The molecule has 24 heavy (non-hydrogen) atoms. The van der Waals surface area contributed by atoms with Gasteiger partial charge in [0.15, 0.2) is 5.96 Å². The molecule has 3 heterocycles. The largest absolute Gasteiger partial charge is 0.468 e. The lowest BCUT2D eigenvalue weighted by atomic mass is 10.2. The molecule has 7 nitrogen and oxygen atoms in total. The number of nitrogens with one attached hydrogen (secondary N) is 2. The quantitative estimate of drug-likeness (QED) is 0.404. The Labute approximate surface area is 158 Å². The zero-order chi connectivity index (χ0) is 15.9. The normalized spacial score (nSPS) is 16.6. The molecular weight excluding hydrogens is 421 g/mol. The predicted molar refractivity (Wildman–Crippen MR) is 102 cm³/mol. The van der Waals surface area contributed by atoms with E-state index in [0.29, 0.717) is 6.54 Å². The lowest BCUT2D eigenvalue weighted by molar-refractivity contribution is 0.215. The molecule has 1 aliphatic rings. The van der Waals surface area contributed by atoms with Gasteiger partial charge in [0, 0.05) is 19.7 Å². The Hall–Kier alpha value is -1.55. The standard InChI is InChI=1S/C16H23N5O2.HI/c1-17-16(18-11-13-6-10-23-20-13)19-12-14(15-5-4-9-22-15)21-7-2-3-8-21;/h4-6,9-10,14H,2-3,7-8,11-12H2,1H3,(H2,17,18,19);1H. The number of halogens is 1. The molecule has 2 aromatic rings. The maximum atomic E-state index is 5.63. The first kappa shape index (κ1) is 18.8. The summed E-state index contributed by atoms with van der Waals surface area (Å²) >= 11 is 0. The first-order valence-corrected chi connectivity index (χ1v) is 7.98. The molecule has 1 atom stereocenters. The van der Waals surface area contributed by atoms with E-state index in [9.17, 15) is 0 Å². The fourth-order valence-electron chi connectivity index (χ4n) is 2.86. The van der Waals surface area contributed by atoms with E-state index in [1.54, 1.807) is 19.6 Å². The first-order valence-electron chi connectivity index (χ1n) is 7.98. The number of furan rings is 1. The zero-order valence-electron chi connectivity index (χ0n) is 13.8. The van der Waals surface area contributed by atoms with Crippen molar-refractivity contribution in [1.82, 2.24) is 20.7 Å². The molecule has 1 unspecified atom stereocenters.